The van der Waals surface area contributed by atoms with Crippen LogP contribution in [0.3, 0.4) is 0 Å². The highest BCUT2D eigenvalue weighted by Crippen LogP contribution is 2.44. The molecule has 0 fully saturated rings. The number of benzene rings is 2. The Kier molecular flexibility index (Phi) is 3.86. The van der Waals surface area contributed by atoms with E-state index in [2.05, 4.69) is 0 Å². The van der Waals surface area contributed by atoms with E-state index >= 15 is 0 Å². The number of hydrogen-bond acceptors (Lipinski definition) is 5. The minimum atomic E-state index is -1.07. The average Bonchev–Trinajstić information content (AvgIpc) is 2.76. The molecule has 1 heterocycles. The van der Waals surface area contributed by atoms with Crippen molar-refractivity contribution in [3.63, 3.8) is 0 Å². The van der Waals surface area contributed by atoms with Crippen LogP contribution < -0.4 is 0 Å². The Morgan fingerprint density at radius 1 is 1.10 bits per heavy atom. The van der Waals surface area contributed by atoms with Crippen molar-refractivity contribution in [3.05, 3.63) is 59.2 Å². The molecule has 0 spiro atoms. The van der Waals surface area contributed by atoms with Crippen LogP contribution in [-0.4, -0.2) is 21.3 Å². The van der Waals surface area contributed by atoms with Gasteiger partial charge in [0.05, 0.1) is 0 Å². The van der Waals surface area contributed by atoms with E-state index in [1.165, 1.54) is 6.07 Å². The molecule has 0 unspecified atom stereocenters. The molecule has 2 aromatic carbocycles. The first-order valence-corrected chi connectivity index (χ1v) is 6.08. The fourth-order valence-electron chi connectivity index (χ4n) is 2.38. The summed E-state index contributed by atoms with van der Waals surface area (Å²) in [4.78, 5) is 11.8. The van der Waals surface area contributed by atoms with Crippen LogP contribution in [0.1, 0.15) is 41.1 Å². The number of ether oxygens (including phenoxy) is 1. The lowest BCUT2D eigenvalue weighted by molar-refractivity contribution is -0.0103. The molecule has 0 aliphatic carbocycles. The molecule has 110 valence electrons. The number of rotatable bonds is 2. The van der Waals surface area contributed by atoms with Crippen molar-refractivity contribution in [1.82, 2.24) is 0 Å². The molecular weight excluding hydrogens is 272 g/mol. The van der Waals surface area contributed by atoms with E-state index in [0.717, 1.165) is 6.07 Å². The van der Waals surface area contributed by atoms with Gasteiger partial charge in [0.2, 0.25) is 0 Å². The van der Waals surface area contributed by atoms with Gasteiger partial charge in [-0.1, -0.05) is 37.8 Å². The van der Waals surface area contributed by atoms with Crippen LogP contribution in [0.4, 0.5) is 0 Å². The minimum Gasteiger partial charge on any atom is -0.508 e. The number of aromatic hydroxyl groups is 2. The number of carbonyl (C=O) groups is 1. The second-order valence-corrected chi connectivity index (χ2v) is 4.61. The molecule has 3 N–H and O–H groups in total. The van der Waals surface area contributed by atoms with Gasteiger partial charge in [-0.2, -0.15) is 0 Å². The summed E-state index contributed by atoms with van der Waals surface area (Å²) in [5.41, 5.74) is 0.854. The molecule has 0 amide bonds. The predicted octanol–water partition coefficient (Wildman–Crippen LogP) is 2.68. The fourth-order valence-corrected chi connectivity index (χ4v) is 2.38. The van der Waals surface area contributed by atoms with Gasteiger partial charge < -0.3 is 20.1 Å². The average molecular weight is 288 g/mol. The van der Waals surface area contributed by atoms with Gasteiger partial charge in [0, 0.05) is 11.6 Å². The van der Waals surface area contributed by atoms with Gasteiger partial charge in [-0.25, -0.2) is 4.79 Å². The van der Waals surface area contributed by atoms with Crippen LogP contribution >= 0.6 is 0 Å². The summed E-state index contributed by atoms with van der Waals surface area (Å²) >= 11 is 0. The van der Waals surface area contributed by atoms with Crippen LogP contribution in [0.25, 0.3) is 0 Å². The third-order valence-electron chi connectivity index (χ3n) is 3.31. The van der Waals surface area contributed by atoms with Gasteiger partial charge in [0.15, 0.2) is 6.10 Å². The maximum absolute atomic E-state index is 11.8. The third-order valence-corrected chi connectivity index (χ3v) is 3.31. The zero-order valence-electron chi connectivity index (χ0n) is 10.4. The van der Waals surface area contributed by atoms with E-state index in [1.807, 2.05) is 6.07 Å². The smallest absolute Gasteiger partial charge is 0.343 e. The van der Waals surface area contributed by atoms with Gasteiger partial charge in [-0.05, 0) is 11.6 Å². The third kappa shape index (κ3) is 2.43. The van der Waals surface area contributed by atoms with Crippen LogP contribution in [0.15, 0.2) is 42.5 Å². The number of aliphatic hydroxyl groups is 1. The molecule has 5 heteroatoms. The van der Waals surface area contributed by atoms with Crippen molar-refractivity contribution in [2.45, 2.75) is 19.6 Å². The molecule has 0 saturated heterocycles. The zero-order valence-corrected chi connectivity index (χ0v) is 10.4. The molecule has 3 rings (SSSR count). The van der Waals surface area contributed by atoms with Crippen molar-refractivity contribution in [2.24, 2.45) is 0 Å². The maximum Gasteiger partial charge on any atom is 0.343 e. The Hall–Kier alpha value is -2.53. The van der Waals surface area contributed by atoms with Crippen molar-refractivity contribution in [2.75, 3.05) is 0 Å². The number of hydrogen-bond donors (Lipinski definition) is 3. The number of aliphatic hydroxyl groups excluding tert-OH is 1. The molecule has 21 heavy (non-hydrogen) atoms. The lowest BCUT2D eigenvalue weighted by Crippen LogP contribution is -2.10. The van der Waals surface area contributed by atoms with E-state index in [4.69, 9.17) is 4.74 Å². The summed E-state index contributed by atoms with van der Waals surface area (Å²) in [6.45, 7) is 0. The van der Waals surface area contributed by atoms with E-state index < -0.39 is 18.2 Å². The fraction of sp³-hybridized carbons (Fsp3) is 0.188. The van der Waals surface area contributed by atoms with Crippen molar-refractivity contribution in [3.8, 4) is 11.5 Å². The first kappa shape index (κ1) is 14.9. The highest BCUT2D eigenvalue weighted by molar-refractivity contribution is 5.97. The quantitative estimate of drug-likeness (QED) is 0.740. The monoisotopic (exact) mass is 288 g/mol. The second-order valence-electron chi connectivity index (χ2n) is 4.61. The van der Waals surface area contributed by atoms with Crippen molar-refractivity contribution in [1.29, 1.82) is 0 Å². The van der Waals surface area contributed by atoms with Crippen LogP contribution in [0.2, 0.25) is 0 Å². The molecule has 2 atom stereocenters. The second kappa shape index (κ2) is 5.46. The predicted molar refractivity (Wildman–Crippen MR) is 76.1 cm³/mol. The Bertz CT molecular complexity index is 666. The first-order chi connectivity index (χ1) is 9.58. The van der Waals surface area contributed by atoms with Gasteiger partial charge in [-0.3, -0.25) is 0 Å². The summed E-state index contributed by atoms with van der Waals surface area (Å²) in [6, 6.07) is 11.1. The maximum atomic E-state index is 11.8. The largest absolute Gasteiger partial charge is 0.508 e. The number of phenols is 2. The Morgan fingerprint density at radius 3 is 2.43 bits per heavy atom. The van der Waals surface area contributed by atoms with Crippen molar-refractivity contribution >= 4 is 5.97 Å². The highest BCUT2D eigenvalue weighted by atomic mass is 16.6. The molecule has 1 aliphatic heterocycles. The van der Waals surface area contributed by atoms with Crippen LogP contribution in [0, 0.1) is 0 Å². The van der Waals surface area contributed by atoms with E-state index in [-0.39, 0.29) is 30.1 Å². The van der Waals surface area contributed by atoms with E-state index in [1.54, 1.807) is 24.3 Å². The number of carbonyl (C=O) groups excluding carboxylic acids is 1. The Balaban J connectivity index is 0.00000161. The Labute approximate surface area is 122 Å². The normalized spacial score (nSPS) is 17.6. The molecule has 0 saturated carbocycles. The molecule has 2 aromatic rings. The number of fused-ring (bicyclic) bond motifs is 1. The molecule has 5 nitrogen and oxygen atoms in total. The Morgan fingerprint density at radius 2 is 1.76 bits per heavy atom. The summed E-state index contributed by atoms with van der Waals surface area (Å²) in [5.74, 6) is -1.25. The minimum absolute atomic E-state index is 0. The standard InChI is InChI=1S/C15H12O5.CH4/c16-9-6-10-12(11(17)7-9)15(19)20-14(10)13(18)8-4-2-1-3-5-8;/h1-7,13-14,16-18H;1H4/t13-,14-;/m0./s1. The summed E-state index contributed by atoms with van der Waals surface area (Å²) in [6.07, 6.45) is -2.01. The van der Waals surface area contributed by atoms with Crippen LogP contribution in [-0.2, 0) is 4.74 Å². The first-order valence-electron chi connectivity index (χ1n) is 6.08. The lowest BCUT2D eigenvalue weighted by atomic mass is 9.96. The molecule has 0 bridgehead atoms. The number of phenolic OH excluding ortho intramolecular Hbond substituents is 2. The van der Waals surface area contributed by atoms with Crippen molar-refractivity contribution < 1.29 is 24.9 Å². The SMILES string of the molecule is C.O=C1O[C@H]([C@@H](O)c2ccccc2)c2cc(O)cc(O)c21. The topological polar surface area (TPSA) is 87.0 Å². The zero-order chi connectivity index (χ0) is 14.3. The summed E-state index contributed by atoms with van der Waals surface area (Å²) in [7, 11) is 0. The van der Waals surface area contributed by atoms with Crippen LogP contribution in [0.5, 0.6) is 11.5 Å². The van der Waals surface area contributed by atoms with Gasteiger partial charge in [0.25, 0.3) is 0 Å². The van der Waals surface area contributed by atoms with Gasteiger partial charge in [0.1, 0.15) is 23.2 Å². The van der Waals surface area contributed by atoms with E-state index in [0.29, 0.717) is 5.56 Å². The number of esters is 1. The van der Waals surface area contributed by atoms with E-state index in [9.17, 15) is 20.1 Å². The summed E-state index contributed by atoms with van der Waals surface area (Å²) in [5, 5.41) is 29.6. The highest BCUT2D eigenvalue weighted by Gasteiger charge is 2.39. The molecular formula is C16H16O5. The van der Waals surface area contributed by atoms with Gasteiger partial charge >= 0.3 is 5.97 Å². The lowest BCUT2D eigenvalue weighted by Gasteiger charge is -2.18. The molecule has 0 aromatic heterocycles. The molecule has 0 radical (unpaired) electrons. The summed E-state index contributed by atoms with van der Waals surface area (Å²) < 4.78 is 5.12. The van der Waals surface area contributed by atoms with Gasteiger partial charge in [-0.15, -0.1) is 0 Å². The number of cyclic esters (lactones) is 1. The molecule has 1 aliphatic rings.